The monoisotopic (exact) mass is 168 g/mol. The highest BCUT2D eigenvalue weighted by atomic mass is 14.1. The van der Waals surface area contributed by atoms with Gasteiger partial charge in [-0.05, 0) is 41.5 Å². The van der Waals surface area contributed by atoms with Crippen LogP contribution in [-0.4, -0.2) is 0 Å². The molecular weight excluding hydrogens is 144 g/mol. The topological polar surface area (TPSA) is 0 Å². The molecule has 0 heteroatoms. The first-order chi connectivity index (χ1) is 5.21. The van der Waals surface area contributed by atoms with E-state index in [1.807, 2.05) is 13.8 Å². The highest BCUT2D eigenvalue weighted by molar-refractivity contribution is 5.12. The lowest BCUT2D eigenvalue weighted by Crippen LogP contribution is -2.05. The molecule has 0 amide bonds. The van der Waals surface area contributed by atoms with Gasteiger partial charge in [0.2, 0.25) is 0 Å². The van der Waals surface area contributed by atoms with Crippen LogP contribution in [0.4, 0.5) is 0 Å². The molecule has 0 unspecified atom stereocenters. The van der Waals surface area contributed by atoms with E-state index in [4.69, 9.17) is 0 Å². The molecule has 0 aliphatic carbocycles. The van der Waals surface area contributed by atoms with Crippen molar-refractivity contribution in [3.05, 3.63) is 0 Å². The van der Waals surface area contributed by atoms with Crippen LogP contribution in [0, 0.1) is 22.7 Å². The molecule has 72 valence electrons. The second kappa shape index (κ2) is 5.25. The van der Waals surface area contributed by atoms with E-state index in [1.165, 1.54) is 0 Å². The fourth-order valence-electron chi connectivity index (χ4n) is 0.375. The Morgan fingerprint density at radius 1 is 0.583 bits per heavy atom. The van der Waals surface area contributed by atoms with Crippen LogP contribution in [0.15, 0.2) is 0 Å². The van der Waals surface area contributed by atoms with Crippen LogP contribution in [0.1, 0.15) is 55.4 Å². The van der Waals surface area contributed by atoms with Crippen LogP contribution < -0.4 is 0 Å². The first-order valence-electron chi connectivity index (χ1n) is 4.75. The molecule has 0 N–H and O–H groups in total. The first kappa shape index (κ1) is 14.1. The van der Waals surface area contributed by atoms with E-state index in [0.717, 1.165) is 0 Å². The lowest BCUT2D eigenvalue weighted by Gasteiger charge is -2.12. The Labute approximate surface area is 78.8 Å². The van der Waals surface area contributed by atoms with Crippen LogP contribution in [-0.2, 0) is 0 Å². The summed E-state index contributed by atoms with van der Waals surface area (Å²) in [6.07, 6.45) is 0. The minimum absolute atomic E-state index is 0.146. The zero-order valence-corrected chi connectivity index (χ0v) is 10.0. The molecule has 0 nitrogen and oxygen atoms in total. The normalized spacial score (nSPS) is 10.7. The molecule has 0 aliphatic rings. The van der Waals surface area contributed by atoms with Gasteiger partial charge in [0.25, 0.3) is 0 Å². The average molecular weight is 168 g/mol. The van der Waals surface area contributed by atoms with Crippen molar-refractivity contribution >= 4 is 0 Å². The van der Waals surface area contributed by atoms with Crippen LogP contribution >= 0.6 is 0 Å². The Morgan fingerprint density at radius 2 is 0.750 bits per heavy atom. The van der Waals surface area contributed by atoms with Gasteiger partial charge in [-0.2, -0.15) is 0 Å². The largest absolute Gasteiger partial charge is 0.0968 e. The molecule has 0 saturated heterocycles. The van der Waals surface area contributed by atoms with E-state index in [2.05, 4.69) is 53.4 Å². The fraction of sp³-hybridized carbons (Fsp3) is 0.833. The summed E-state index contributed by atoms with van der Waals surface area (Å²) in [7, 11) is 0. The number of rotatable bonds is 0. The van der Waals surface area contributed by atoms with E-state index in [0.29, 0.717) is 0 Å². The predicted molar refractivity (Wildman–Crippen MR) is 58.0 cm³/mol. The van der Waals surface area contributed by atoms with Gasteiger partial charge in [0.05, 0.1) is 0 Å². The molecule has 0 aromatic rings. The van der Waals surface area contributed by atoms with Crippen molar-refractivity contribution in [3.8, 4) is 11.8 Å². The summed E-state index contributed by atoms with van der Waals surface area (Å²) < 4.78 is 0. The maximum atomic E-state index is 3.21. The van der Waals surface area contributed by atoms with Crippen molar-refractivity contribution in [1.82, 2.24) is 0 Å². The molecule has 0 radical (unpaired) electrons. The van der Waals surface area contributed by atoms with Crippen LogP contribution in [0.3, 0.4) is 0 Å². The van der Waals surface area contributed by atoms with Crippen LogP contribution in [0.5, 0.6) is 0 Å². The maximum absolute atomic E-state index is 3.21. The van der Waals surface area contributed by atoms with Gasteiger partial charge in [-0.3, -0.25) is 0 Å². The molecule has 0 spiro atoms. The second-order valence-corrected chi connectivity index (χ2v) is 4.75. The second-order valence-electron chi connectivity index (χ2n) is 4.75. The van der Waals surface area contributed by atoms with Crippen LogP contribution in [0.2, 0.25) is 0 Å². The number of hydrogen-bond acceptors (Lipinski definition) is 0. The van der Waals surface area contributed by atoms with E-state index in [9.17, 15) is 0 Å². The van der Waals surface area contributed by atoms with Crippen molar-refractivity contribution in [2.45, 2.75) is 55.4 Å². The Kier molecular flexibility index (Phi) is 6.17. The van der Waals surface area contributed by atoms with Gasteiger partial charge >= 0.3 is 0 Å². The summed E-state index contributed by atoms with van der Waals surface area (Å²) in [6.45, 7) is 16.8. The standard InChI is InChI=1S/C10H18.C2H6/c1-9(2,3)7-8-10(4,5)6;1-2/h1-6H3;1-2H3. The smallest absolute Gasteiger partial charge is 0.0230 e. The molecule has 0 fully saturated rings. The fourth-order valence-corrected chi connectivity index (χ4v) is 0.375. The molecule has 0 atom stereocenters. The molecule has 0 saturated carbocycles. The van der Waals surface area contributed by atoms with Gasteiger partial charge in [0, 0.05) is 10.8 Å². The van der Waals surface area contributed by atoms with Crippen molar-refractivity contribution in [2.24, 2.45) is 10.8 Å². The van der Waals surface area contributed by atoms with Crippen molar-refractivity contribution in [3.63, 3.8) is 0 Å². The molecule has 0 heterocycles. The minimum Gasteiger partial charge on any atom is -0.0968 e. The highest BCUT2D eigenvalue weighted by Gasteiger charge is 2.07. The lowest BCUT2D eigenvalue weighted by molar-refractivity contribution is 0.543. The van der Waals surface area contributed by atoms with Gasteiger partial charge in [-0.25, -0.2) is 0 Å². The molecule has 0 bridgehead atoms. The summed E-state index contributed by atoms with van der Waals surface area (Å²) in [6, 6.07) is 0. The van der Waals surface area contributed by atoms with Gasteiger partial charge in [-0.1, -0.05) is 25.7 Å². The summed E-state index contributed by atoms with van der Waals surface area (Å²) in [5.74, 6) is 6.42. The highest BCUT2D eigenvalue weighted by Crippen LogP contribution is 2.15. The predicted octanol–water partition coefficient (Wildman–Crippen LogP) is 4.11. The Morgan fingerprint density at radius 3 is 0.833 bits per heavy atom. The third kappa shape index (κ3) is 16.3. The zero-order valence-electron chi connectivity index (χ0n) is 10.0. The van der Waals surface area contributed by atoms with Crippen molar-refractivity contribution in [2.75, 3.05) is 0 Å². The van der Waals surface area contributed by atoms with Gasteiger partial charge in [-0.15, -0.1) is 0 Å². The van der Waals surface area contributed by atoms with E-state index in [-0.39, 0.29) is 10.8 Å². The average Bonchev–Trinajstić information content (AvgIpc) is 1.86. The van der Waals surface area contributed by atoms with Crippen LogP contribution in [0.25, 0.3) is 0 Å². The van der Waals surface area contributed by atoms with Gasteiger partial charge < -0.3 is 0 Å². The quantitative estimate of drug-likeness (QED) is 0.477. The molecule has 0 aromatic heterocycles. The first-order valence-corrected chi connectivity index (χ1v) is 4.75. The molecule has 0 aromatic carbocycles. The summed E-state index contributed by atoms with van der Waals surface area (Å²) in [4.78, 5) is 0. The summed E-state index contributed by atoms with van der Waals surface area (Å²) in [5.41, 5.74) is 0.292. The molecular formula is C12H24. The van der Waals surface area contributed by atoms with Crippen molar-refractivity contribution < 1.29 is 0 Å². The Balaban J connectivity index is 0. The third-order valence-electron chi connectivity index (χ3n) is 0.812. The Bertz CT molecular complexity index is 133. The van der Waals surface area contributed by atoms with E-state index >= 15 is 0 Å². The SMILES string of the molecule is CC.CC(C)(C)C#CC(C)(C)C. The minimum atomic E-state index is 0.146. The molecule has 0 rings (SSSR count). The summed E-state index contributed by atoms with van der Waals surface area (Å²) >= 11 is 0. The third-order valence-corrected chi connectivity index (χ3v) is 0.812. The van der Waals surface area contributed by atoms with Gasteiger partial charge in [0.1, 0.15) is 0 Å². The van der Waals surface area contributed by atoms with Gasteiger partial charge in [0.15, 0.2) is 0 Å². The molecule has 12 heavy (non-hydrogen) atoms. The lowest BCUT2D eigenvalue weighted by atomic mass is 9.92. The number of hydrogen-bond donors (Lipinski definition) is 0. The zero-order chi connectivity index (χ0) is 10.4. The Hall–Kier alpha value is -0.440. The maximum Gasteiger partial charge on any atom is 0.0230 e. The summed E-state index contributed by atoms with van der Waals surface area (Å²) in [5, 5.41) is 0. The van der Waals surface area contributed by atoms with Crippen molar-refractivity contribution in [1.29, 1.82) is 0 Å². The van der Waals surface area contributed by atoms with E-state index in [1.54, 1.807) is 0 Å². The van der Waals surface area contributed by atoms with E-state index < -0.39 is 0 Å². The molecule has 0 aliphatic heterocycles.